The molecule has 1 aliphatic heterocycles. The van der Waals surface area contributed by atoms with Crippen molar-refractivity contribution in [3.63, 3.8) is 0 Å². The van der Waals surface area contributed by atoms with Crippen molar-refractivity contribution in [1.29, 1.82) is 0 Å². The molecule has 5 nitrogen and oxygen atoms in total. The normalized spacial score (nSPS) is 22.1. The molecule has 2 heterocycles. The van der Waals surface area contributed by atoms with Gasteiger partial charge in [0.25, 0.3) is 0 Å². The molecule has 0 spiro atoms. The summed E-state index contributed by atoms with van der Waals surface area (Å²) in [5.41, 5.74) is 1.96. The summed E-state index contributed by atoms with van der Waals surface area (Å²) in [7, 11) is 1.67. The topological polar surface area (TPSA) is 58.2 Å². The third-order valence-corrected chi connectivity index (χ3v) is 5.30. The molecule has 1 saturated heterocycles. The van der Waals surface area contributed by atoms with E-state index in [0.29, 0.717) is 11.8 Å². The van der Waals surface area contributed by atoms with E-state index in [9.17, 15) is 4.79 Å². The van der Waals surface area contributed by atoms with E-state index in [0.717, 1.165) is 55.0 Å². The summed E-state index contributed by atoms with van der Waals surface area (Å²) in [6, 6.07) is 5.88. The third kappa shape index (κ3) is 2.69. The van der Waals surface area contributed by atoms with E-state index in [1.807, 2.05) is 18.2 Å². The minimum absolute atomic E-state index is 0.272. The van der Waals surface area contributed by atoms with Crippen LogP contribution in [-0.2, 0) is 4.79 Å². The molecular weight excluding hydrogens is 290 g/mol. The SMILES string of the molecule is COc1ccc2nc([C@H]3CCN(C(=O)C4CCCC4)C3)[nH]c2c1. The highest BCUT2D eigenvalue weighted by Crippen LogP contribution is 2.32. The molecule has 1 atom stereocenters. The average Bonchev–Trinajstić information content (AvgIpc) is 3.32. The summed E-state index contributed by atoms with van der Waals surface area (Å²) < 4.78 is 5.26. The van der Waals surface area contributed by atoms with Crippen molar-refractivity contribution >= 4 is 16.9 Å². The van der Waals surface area contributed by atoms with Crippen LogP contribution < -0.4 is 4.74 Å². The van der Waals surface area contributed by atoms with Gasteiger partial charge >= 0.3 is 0 Å². The number of hydrogen-bond donors (Lipinski definition) is 1. The Balaban J connectivity index is 1.49. The minimum Gasteiger partial charge on any atom is -0.497 e. The number of carbonyl (C=O) groups is 1. The van der Waals surface area contributed by atoms with Crippen LogP contribution in [-0.4, -0.2) is 41.0 Å². The molecule has 1 aromatic heterocycles. The van der Waals surface area contributed by atoms with Crippen molar-refractivity contribution in [1.82, 2.24) is 14.9 Å². The Hall–Kier alpha value is -2.04. The minimum atomic E-state index is 0.272. The standard InChI is InChI=1S/C18H23N3O2/c1-23-14-6-7-15-16(10-14)20-17(19-15)13-8-9-21(11-13)18(22)12-4-2-3-5-12/h6-7,10,12-13H,2-5,8-9,11H2,1H3,(H,19,20)/t13-/m0/s1. The number of carbonyl (C=O) groups excluding carboxylic acids is 1. The van der Waals surface area contributed by atoms with Gasteiger partial charge in [0.2, 0.25) is 5.91 Å². The number of nitrogens with zero attached hydrogens (tertiary/aromatic N) is 2. The first kappa shape index (κ1) is 14.5. The molecule has 0 unspecified atom stereocenters. The lowest BCUT2D eigenvalue weighted by Crippen LogP contribution is -2.33. The number of likely N-dealkylation sites (tertiary alicyclic amines) is 1. The van der Waals surface area contributed by atoms with E-state index < -0.39 is 0 Å². The molecule has 2 aliphatic rings. The maximum atomic E-state index is 12.6. The van der Waals surface area contributed by atoms with Gasteiger partial charge in [-0.1, -0.05) is 12.8 Å². The summed E-state index contributed by atoms with van der Waals surface area (Å²) >= 11 is 0. The number of nitrogens with one attached hydrogen (secondary N) is 1. The highest BCUT2D eigenvalue weighted by molar-refractivity contribution is 5.80. The molecule has 5 heteroatoms. The second kappa shape index (κ2) is 5.87. The lowest BCUT2D eigenvalue weighted by atomic mass is 10.1. The van der Waals surface area contributed by atoms with Crippen LogP contribution in [0.5, 0.6) is 5.75 Å². The highest BCUT2D eigenvalue weighted by Gasteiger charge is 2.33. The molecule has 1 aliphatic carbocycles. The zero-order valence-corrected chi connectivity index (χ0v) is 13.5. The molecule has 1 N–H and O–H groups in total. The Bertz CT molecular complexity index is 718. The zero-order chi connectivity index (χ0) is 15.8. The van der Waals surface area contributed by atoms with Gasteiger partial charge in [0.1, 0.15) is 11.6 Å². The second-order valence-corrected chi connectivity index (χ2v) is 6.76. The fraction of sp³-hybridized carbons (Fsp3) is 0.556. The van der Waals surface area contributed by atoms with Gasteiger partial charge in [-0.05, 0) is 31.4 Å². The first-order valence-corrected chi connectivity index (χ1v) is 8.57. The van der Waals surface area contributed by atoms with Crippen molar-refractivity contribution in [3.8, 4) is 5.75 Å². The molecule has 4 rings (SSSR count). The van der Waals surface area contributed by atoms with E-state index in [-0.39, 0.29) is 5.92 Å². The Labute approximate surface area is 136 Å². The first-order valence-electron chi connectivity index (χ1n) is 8.57. The number of hydrogen-bond acceptors (Lipinski definition) is 3. The number of aromatic nitrogens is 2. The zero-order valence-electron chi connectivity index (χ0n) is 13.5. The lowest BCUT2D eigenvalue weighted by Gasteiger charge is -2.20. The van der Waals surface area contributed by atoms with Gasteiger partial charge in [-0.3, -0.25) is 4.79 Å². The van der Waals surface area contributed by atoms with Crippen molar-refractivity contribution in [2.75, 3.05) is 20.2 Å². The Kier molecular flexibility index (Phi) is 3.71. The lowest BCUT2D eigenvalue weighted by molar-refractivity contribution is -0.134. The number of H-pyrrole nitrogens is 1. The summed E-state index contributed by atoms with van der Waals surface area (Å²) in [4.78, 5) is 22.7. The monoisotopic (exact) mass is 313 g/mol. The van der Waals surface area contributed by atoms with Crippen LogP contribution in [0.25, 0.3) is 11.0 Å². The van der Waals surface area contributed by atoms with Crippen LogP contribution in [0.4, 0.5) is 0 Å². The third-order valence-electron chi connectivity index (χ3n) is 5.30. The van der Waals surface area contributed by atoms with E-state index in [1.54, 1.807) is 7.11 Å². The molecule has 1 saturated carbocycles. The number of imidazole rings is 1. The predicted octanol–water partition coefficient (Wildman–Crippen LogP) is 3.08. The van der Waals surface area contributed by atoms with Crippen LogP contribution in [0.2, 0.25) is 0 Å². The predicted molar refractivity (Wildman–Crippen MR) is 88.5 cm³/mol. The summed E-state index contributed by atoms with van der Waals surface area (Å²) in [6.07, 6.45) is 5.56. The van der Waals surface area contributed by atoms with E-state index in [4.69, 9.17) is 9.72 Å². The van der Waals surface area contributed by atoms with Crippen LogP contribution >= 0.6 is 0 Å². The first-order chi connectivity index (χ1) is 11.2. The van der Waals surface area contributed by atoms with Gasteiger partial charge in [0, 0.05) is 31.0 Å². The summed E-state index contributed by atoms with van der Waals surface area (Å²) in [6.45, 7) is 1.66. The molecule has 2 fully saturated rings. The number of ether oxygens (including phenoxy) is 1. The van der Waals surface area contributed by atoms with Crippen LogP contribution in [0.3, 0.4) is 0 Å². The Morgan fingerprint density at radius 1 is 1.30 bits per heavy atom. The van der Waals surface area contributed by atoms with Crippen LogP contribution in [0, 0.1) is 5.92 Å². The highest BCUT2D eigenvalue weighted by atomic mass is 16.5. The van der Waals surface area contributed by atoms with E-state index in [1.165, 1.54) is 12.8 Å². The van der Waals surface area contributed by atoms with Gasteiger partial charge in [0.15, 0.2) is 0 Å². The van der Waals surface area contributed by atoms with E-state index in [2.05, 4.69) is 9.88 Å². The smallest absolute Gasteiger partial charge is 0.225 e. The van der Waals surface area contributed by atoms with Gasteiger partial charge < -0.3 is 14.6 Å². The van der Waals surface area contributed by atoms with E-state index >= 15 is 0 Å². The maximum absolute atomic E-state index is 12.6. The largest absolute Gasteiger partial charge is 0.497 e. The van der Waals surface area contributed by atoms with Crippen LogP contribution in [0.1, 0.15) is 43.8 Å². The second-order valence-electron chi connectivity index (χ2n) is 6.76. The van der Waals surface area contributed by atoms with Crippen LogP contribution in [0.15, 0.2) is 18.2 Å². The van der Waals surface area contributed by atoms with Gasteiger partial charge in [-0.2, -0.15) is 0 Å². The Morgan fingerprint density at radius 2 is 2.13 bits per heavy atom. The number of rotatable bonds is 3. The van der Waals surface area contributed by atoms with Gasteiger partial charge in [-0.25, -0.2) is 4.98 Å². The average molecular weight is 313 g/mol. The molecule has 2 aromatic rings. The summed E-state index contributed by atoms with van der Waals surface area (Å²) in [5, 5.41) is 0. The fourth-order valence-electron chi connectivity index (χ4n) is 3.94. The van der Waals surface area contributed by atoms with Crippen molar-refractivity contribution in [2.24, 2.45) is 5.92 Å². The van der Waals surface area contributed by atoms with Crippen molar-refractivity contribution in [3.05, 3.63) is 24.0 Å². The number of benzene rings is 1. The molecular formula is C18H23N3O2. The number of aromatic amines is 1. The quantitative estimate of drug-likeness (QED) is 0.947. The molecule has 0 radical (unpaired) electrons. The molecule has 23 heavy (non-hydrogen) atoms. The maximum Gasteiger partial charge on any atom is 0.225 e. The van der Waals surface area contributed by atoms with Gasteiger partial charge in [-0.15, -0.1) is 0 Å². The summed E-state index contributed by atoms with van der Waals surface area (Å²) in [5.74, 6) is 2.78. The molecule has 0 bridgehead atoms. The fourth-order valence-corrected chi connectivity index (χ4v) is 3.94. The number of methoxy groups -OCH3 is 1. The number of amides is 1. The Morgan fingerprint density at radius 3 is 2.91 bits per heavy atom. The van der Waals surface area contributed by atoms with Crippen molar-refractivity contribution in [2.45, 2.75) is 38.0 Å². The molecule has 122 valence electrons. The number of fused-ring (bicyclic) bond motifs is 1. The van der Waals surface area contributed by atoms with Gasteiger partial charge in [0.05, 0.1) is 18.1 Å². The van der Waals surface area contributed by atoms with Crippen molar-refractivity contribution < 1.29 is 9.53 Å². The molecule has 1 amide bonds. The molecule has 1 aromatic carbocycles.